The highest BCUT2D eigenvalue weighted by Crippen LogP contribution is 2.14. The number of primary amides is 1. The number of carboxylic acid groups (broad SMARTS) is 2. The molecule has 0 radical (unpaired) electrons. The largest absolute Gasteiger partial charge is 0.481 e. The fraction of sp³-hybridized carbons (Fsp3) is 0.610. The van der Waals surface area contributed by atoms with Gasteiger partial charge in [-0.3, -0.25) is 43.2 Å². The number of carbonyl (C=O) groups is 10. The Morgan fingerprint density at radius 2 is 1.16 bits per heavy atom. The van der Waals surface area contributed by atoms with E-state index in [2.05, 4.69) is 31.9 Å². The number of nitrogens with one attached hydrogen (secondary N) is 6. The maximum absolute atomic E-state index is 13.8. The molecule has 21 nitrogen and oxygen atoms in total. The summed E-state index contributed by atoms with van der Waals surface area (Å²) in [5, 5.41) is 33.7. The Labute approximate surface area is 360 Å². The minimum atomic E-state index is -1.57. The second-order valence-electron chi connectivity index (χ2n) is 15.5. The average Bonchev–Trinajstić information content (AvgIpc) is 3.19. The second kappa shape index (κ2) is 28.4. The molecule has 0 saturated carbocycles. The number of nitrogens with two attached hydrogens (primary N) is 1. The number of esters is 1. The van der Waals surface area contributed by atoms with Crippen LogP contribution >= 0.6 is 0 Å². The number of benzene rings is 1. The van der Waals surface area contributed by atoms with Gasteiger partial charge in [0, 0.05) is 43.8 Å². The normalized spacial score (nSPS) is 12.9. The van der Waals surface area contributed by atoms with Crippen LogP contribution in [0.3, 0.4) is 0 Å². The van der Waals surface area contributed by atoms with Gasteiger partial charge in [0.15, 0.2) is 0 Å². The van der Waals surface area contributed by atoms with Crippen LogP contribution in [0.5, 0.6) is 0 Å². The number of anilines is 1. The molecular weight excluding hydrogens is 814 g/mol. The monoisotopic (exact) mass is 877 g/mol. The van der Waals surface area contributed by atoms with Crippen LogP contribution in [0.25, 0.3) is 0 Å². The van der Waals surface area contributed by atoms with Gasteiger partial charge >= 0.3 is 23.9 Å². The molecule has 0 aromatic heterocycles. The number of hydrogen-bond donors (Lipinski definition) is 9. The van der Waals surface area contributed by atoms with Gasteiger partial charge in [-0.25, -0.2) is 4.79 Å². The zero-order valence-corrected chi connectivity index (χ0v) is 36.2. The van der Waals surface area contributed by atoms with E-state index >= 15 is 0 Å². The van der Waals surface area contributed by atoms with E-state index < -0.39 is 103 Å². The number of ether oxygens (including phenoxy) is 2. The van der Waals surface area contributed by atoms with Gasteiger partial charge in [-0.2, -0.15) is 0 Å². The number of urea groups is 1. The second-order valence-corrected chi connectivity index (χ2v) is 15.5. The number of amides is 7. The highest BCUT2D eigenvalue weighted by molar-refractivity contribution is 5.99. The zero-order chi connectivity index (χ0) is 46.9. The molecule has 0 fully saturated rings. The first-order valence-corrected chi connectivity index (χ1v) is 20.4. The summed E-state index contributed by atoms with van der Waals surface area (Å²) in [4.78, 5) is 125. The van der Waals surface area contributed by atoms with Gasteiger partial charge < -0.3 is 57.3 Å². The number of aliphatic carboxylic acids is 2. The quantitative estimate of drug-likeness (QED) is 0.0387. The number of carbonyl (C=O) groups excluding carboxylic acids is 8. The van der Waals surface area contributed by atoms with Crippen molar-refractivity contribution in [1.29, 1.82) is 0 Å². The Balaban J connectivity index is 3.18. The zero-order valence-electron chi connectivity index (χ0n) is 36.2. The van der Waals surface area contributed by atoms with E-state index in [1.807, 2.05) is 0 Å². The smallest absolute Gasteiger partial charge is 0.312 e. The van der Waals surface area contributed by atoms with E-state index in [-0.39, 0.29) is 75.6 Å². The predicted octanol–water partition coefficient (Wildman–Crippen LogP) is 1.12. The molecule has 10 N–H and O–H groups in total. The van der Waals surface area contributed by atoms with Gasteiger partial charge in [-0.1, -0.05) is 53.7 Å². The van der Waals surface area contributed by atoms with Crippen LogP contribution < -0.4 is 37.6 Å². The Morgan fingerprint density at radius 1 is 0.629 bits per heavy atom. The SMILES string of the molecule is CC(C)C(=O)CCOCCC(=O)N[C@@H](CCC(=O)O)C(=O)N[C@@H](CCC(=O)O)C(=O)N[C@H](C(=O)N[C@@H](CCCNC(N)=O)C(=O)Nc1ccc(COC(=O)C(C)C)cc1)C(C)C. The molecular formula is C41H63N7O14. The molecule has 0 aliphatic rings. The molecule has 1 rings (SSSR count). The van der Waals surface area contributed by atoms with Gasteiger partial charge in [-0.05, 0) is 49.3 Å². The van der Waals surface area contributed by atoms with Crippen molar-refractivity contribution in [1.82, 2.24) is 26.6 Å². The van der Waals surface area contributed by atoms with Crippen molar-refractivity contribution in [2.45, 2.75) is 124 Å². The van der Waals surface area contributed by atoms with Crippen LogP contribution in [0.2, 0.25) is 0 Å². The van der Waals surface area contributed by atoms with Crippen molar-refractivity contribution >= 4 is 64.9 Å². The average molecular weight is 878 g/mol. The fourth-order valence-corrected chi connectivity index (χ4v) is 5.41. The van der Waals surface area contributed by atoms with Gasteiger partial charge in [0.2, 0.25) is 29.5 Å². The van der Waals surface area contributed by atoms with Crippen molar-refractivity contribution in [3.05, 3.63) is 29.8 Å². The molecule has 1 aromatic carbocycles. The first-order valence-electron chi connectivity index (χ1n) is 20.4. The van der Waals surface area contributed by atoms with Crippen molar-refractivity contribution < 1.29 is 67.6 Å². The van der Waals surface area contributed by atoms with E-state index in [1.165, 1.54) is 0 Å². The molecule has 1 aromatic rings. The maximum atomic E-state index is 13.8. The van der Waals surface area contributed by atoms with Crippen molar-refractivity contribution in [2.75, 3.05) is 25.1 Å². The number of Topliss-reactive ketones (excluding diaryl/α,β-unsaturated/α-hetero) is 1. The number of carboxylic acids is 2. The molecule has 0 spiro atoms. The van der Waals surface area contributed by atoms with E-state index in [0.29, 0.717) is 11.3 Å². The van der Waals surface area contributed by atoms with Crippen molar-refractivity contribution in [2.24, 2.45) is 23.5 Å². The fourth-order valence-electron chi connectivity index (χ4n) is 5.41. The lowest BCUT2D eigenvalue weighted by Crippen LogP contribution is -2.59. The lowest BCUT2D eigenvalue weighted by Gasteiger charge is -2.28. The first-order chi connectivity index (χ1) is 29.1. The summed E-state index contributed by atoms with van der Waals surface area (Å²) in [6.45, 7) is 10.1. The van der Waals surface area contributed by atoms with Crippen LogP contribution in [0.4, 0.5) is 10.5 Å². The van der Waals surface area contributed by atoms with E-state index in [9.17, 15) is 58.2 Å². The van der Waals surface area contributed by atoms with E-state index in [4.69, 9.17) is 15.2 Å². The summed E-state index contributed by atoms with van der Waals surface area (Å²) in [6.07, 6.45) is -1.92. The molecule has 346 valence electrons. The number of hydrogen-bond acceptors (Lipinski definition) is 12. The summed E-state index contributed by atoms with van der Waals surface area (Å²) in [7, 11) is 0. The highest BCUT2D eigenvalue weighted by Gasteiger charge is 2.33. The van der Waals surface area contributed by atoms with Crippen LogP contribution in [0.15, 0.2) is 24.3 Å². The minimum absolute atomic E-state index is 0.00450. The molecule has 0 bridgehead atoms. The molecule has 0 aliphatic heterocycles. The molecule has 0 saturated heterocycles. The third-order valence-corrected chi connectivity index (χ3v) is 9.11. The minimum Gasteiger partial charge on any atom is -0.481 e. The Kier molecular flexibility index (Phi) is 24.7. The van der Waals surface area contributed by atoms with E-state index in [0.717, 1.165) is 0 Å². The molecule has 21 heteroatoms. The van der Waals surface area contributed by atoms with Gasteiger partial charge in [-0.15, -0.1) is 0 Å². The van der Waals surface area contributed by atoms with Gasteiger partial charge in [0.25, 0.3) is 0 Å². The van der Waals surface area contributed by atoms with Crippen LogP contribution in [-0.2, 0) is 59.2 Å². The summed E-state index contributed by atoms with van der Waals surface area (Å²) in [6, 6.07) is 0.0220. The van der Waals surface area contributed by atoms with Gasteiger partial charge in [0.1, 0.15) is 36.6 Å². The van der Waals surface area contributed by atoms with E-state index in [1.54, 1.807) is 65.8 Å². The Bertz CT molecular complexity index is 1700. The predicted molar refractivity (Wildman–Crippen MR) is 223 cm³/mol. The molecule has 0 heterocycles. The lowest BCUT2D eigenvalue weighted by atomic mass is 10.0. The summed E-state index contributed by atoms with van der Waals surface area (Å²) < 4.78 is 10.6. The summed E-state index contributed by atoms with van der Waals surface area (Å²) >= 11 is 0. The lowest BCUT2D eigenvalue weighted by molar-refractivity contribution is -0.148. The topological polar surface area (TPSA) is 328 Å². The summed E-state index contributed by atoms with van der Waals surface area (Å²) in [5.41, 5.74) is 6.15. The van der Waals surface area contributed by atoms with Crippen molar-refractivity contribution in [3.8, 4) is 0 Å². The Hall–Kier alpha value is -6.12. The molecule has 4 atom stereocenters. The van der Waals surface area contributed by atoms with Crippen LogP contribution in [-0.4, -0.2) is 113 Å². The Morgan fingerprint density at radius 3 is 1.69 bits per heavy atom. The molecule has 0 unspecified atom stereocenters. The third kappa shape index (κ3) is 22.5. The molecule has 62 heavy (non-hydrogen) atoms. The van der Waals surface area contributed by atoms with Crippen molar-refractivity contribution in [3.63, 3.8) is 0 Å². The third-order valence-electron chi connectivity index (χ3n) is 9.11. The molecule has 0 aliphatic carbocycles. The van der Waals surface area contributed by atoms with Crippen LogP contribution in [0.1, 0.15) is 98.5 Å². The van der Waals surface area contributed by atoms with Gasteiger partial charge in [0.05, 0.1) is 19.1 Å². The molecule has 7 amide bonds. The number of ketones is 1. The highest BCUT2D eigenvalue weighted by atomic mass is 16.5. The standard InChI is InChI=1S/C41H63N7O14/c1-23(2)31(49)17-20-61-21-18-32(50)45-29(13-15-33(51)52)37(56)46-30(14-16-34(53)54)38(57)48-35(24(3)4)39(58)47-28(8-7-19-43-41(42)60)36(55)44-27-11-9-26(10-12-27)22-62-40(59)25(5)6/h9-12,23-25,28-30,35H,7-8,13-22H2,1-6H3,(H,44,55)(H,45,50)(H,46,56)(H,47,58)(H,48,57)(H,51,52)(H,53,54)(H3,42,43,60)/t28-,29-,30-,35-/m0/s1. The first kappa shape index (κ1) is 53.9. The summed E-state index contributed by atoms with van der Waals surface area (Å²) in [5.74, 6) is -8.25. The maximum Gasteiger partial charge on any atom is 0.312 e. The number of rotatable bonds is 30. The van der Waals surface area contributed by atoms with Crippen LogP contribution in [0, 0.1) is 17.8 Å².